The summed E-state index contributed by atoms with van der Waals surface area (Å²) in [5.74, 6) is 0.442. The largest absolute Gasteiger partial charge is 0.496 e. The first-order valence-corrected chi connectivity index (χ1v) is 8.40. The highest BCUT2D eigenvalue weighted by atomic mass is 19.1. The minimum atomic E-state index is -0.254. The number of pyridine rings is 1. The fourth-order valence-corrected chi connectivity index (χ4v) is 3.23. The summed E-state index contributed by atoms with van der Waals surface area (Å²) in [5, 5.41) is 3.42. The van der Waals surface area contributed by atoms with Gasteiger partial charge in [-0.1, -0.05) is 6.07 Å². The van der Waals surface area contributed by atoms with Crippen molar-refractivity contribution < 1.29 is 9.13 Å². The van der Waals surface area contributed by atoms with Gasteiger partial charge in [0, 0.05) is 31.4 Å². The minimum absolute atomic E-state index is 0.115. The first kappa shape index (κ1) is 16.9. The number of aromatic nitrogens is 1. The molecule has 1 aliphatic rings. The van der Waals surface area contributed by atoms with E-state index in [1.807, 2.05) is 19.2 Å². The molecule has 1 fully saturated rings. The zero-order valence-corrected chi connectivity index (χ0v) is 14.3. The van der Waals surface area contributed by atoms with Crippen LogP contribution in [0.4, 0.5) is 4.39 Å². The van der Waals surface area contributed by atoms with E-state index in [0.29, 0.717) is 5.75 Å². The third-order valence-electron chi connectivity index (χ3n) is 4.44. The number of methoxy groups -OCH3 is 1. The van der Waals surface area contributed by atoms with Crippen molar-refractivity contribution in [3.8, 4) is 5.75 Å². The van der Waals surface area contributed by atoms with Gasteiger partial charge in [0.25, 0.3) is 0 Å². The fourth-order valence-electron chi connectivity index (χ4n) is 3.23. The van der Waals surface area contributed by atoms with Gasteiger partial charge in [-0.2, -0.15) is 0 Å². The highest BCUT2D eigenvalue weighted by Crippen LogP contribution is 2.34. The van der Waals surface area contributed by atoms with Crippen LogP contribution in [0.1, 0.15) is 29.3 Å². The predicted molar refractivity (Wildman–Crippen MR) is 92.8 cm³/mol. The summed E-state index contributed by atoms with van der Waals surface area (Å²) in [6.45, 7) is 5.77. The molecule has 24 heavy (non-hydrogen) atoms. The number of ether oxygens (including phenoxy) is 1. The minimum Gasteiger partial charge on any atom is -0.496 e. The van der Waals surface area contributed by atoms with Gasteiger partial charge < -0.3 is 10.1 Å². The van der Waals surface area contributed by atoms with E-state index >= 15 is 0 Å². The monoisotopic (exact) mass is 329 g/mol. The third kappa shape index (κ3) is 3.74. The number of halogens is 1. The Kier molecular flexibility index (Phi) is 5.43. The summed E-state index contributed by atoms with van der Waals surface area (Å²) in [7, 11) is 1.63. The lowest BCUT2D eigenvalue weighted by Crippen LogP contribution is -2.33. The summed E-state index contributed by atoms with van der Waals surface area (Å²) in [4.78, 5) is 6.98. The van der Waals surface area contributed by atoms with Crippen molar-refractivity contribution in [2.75, 3.05) is 33.3 Å². The quantitative estimate of drug-likeness (QED) is 0.936. The molecule has 1 N–H and O–H groups in total. The van der Waals surface area contributed by atoms with Crippen LogP contribution in [0.5, 0.6) is 5.75 Å². The van der Waals surface area contributed by atoms with Crippen molar-refractivity contribution in [1.29, 1.82) is 0 Å². The first-order valence-electron chi connectivity index (χ1n) is 8.40. The van der Waals surface area contributed by atoms with Crippen LogP contribution in [0.15, 0.2) is 36.5 Å². The van der Waals surface area contributed by atoms with E-state index in [2.05, 4.69) is 21.3 Å². The molecule has 2 aromatic rings. The molecule has 0 radical (unpaired) electrons. The molecule has 0 amide bonds. The molecule has 1 atom stereocenters. The van der Waals surface area contributed by atoms with Crippen molar-refractivity contribution in [3.05, 3.63) is 59.2 Å². The van der Waals surface area contributed by atoms with Crippen LogP contribution in [0.3, 0.4) is 0 Å². The molecule has 1 aromatic heterocycles. The van der Waals surface area contributed by atoms with Gasteiger partial charge in [-0.05, 0) is 49.7 Å². The van der Waals surface area contributed by atoms with Gasteiger partial charge in [0.15, 0.2) is 0 Å². The van der Waals surface area contributed by atoms with Gasteiger partial charge >= 0.3 is 0 Å². The molecule has 128 valence electrons. The molecular weight excluding hydrogens is 305 g/mol. The Hall–Kier alpha value is -1.98. The van der Waals surface area contributed by atoms with E-state index in [0.717, 1.165) is 49.4 Å². The van der Waals surface area contributed by atoms with Crippen molar-refractivity contribution >= 4 is 0 Å². The average Bonchev–Trinajstić information content (AvgIpc) is 2.86. The summed E-state index contributed by atoms with van der Waals surface area (Å²) in [6.07, 6.45) is 2.92. The van der Waals surface area contributed by atoms with Crippen LogP contribution in [0.25, 0.3) is 0 Å². The van der Waals surface area contributed by atoms with Crippen LogP contribution in [-0.4, -0.2) is 43.2 Å². The van der Waals surface area contributed by atoms with Gasteiger partial charge in [-0.25, -0.2) is 4.39 Å². The smallest absolute Gasteiger partial charge is 0.124 e. The molecule has 2 heterocycles. The van der Waals surface area contributed by atoms with Crippen molar-refractivity contribution in [3.63, 3.8) is 0 Å². The highest BCUT2D eigenvalue weighted by Gasteiger charge is 2.27. The summed E-state index contributed by atoms with van der Waals surface area (Å²) in [6, 6.07) is 8.67. The summed E-state index contributed by atoms with van der Waals surface area (Å²) >= 11 is 0. The Balaban J connectivity index is 2.07. The lowest BCUT2D eigenvalue weighted by molar-refractivity contribution is 0.232. The van der Waals surface area contributed by atoms with Gasteiger partial charge in [0.2, 0.25) is 0 Å². The van der Waals surface area contributed by atoms with Crippen LogP contribution in [0.2, 0.25) is 0 Å². The zero-order valence-electron chi connectivity index (χ0n) is 14.3. The number of rotatable bonds is 4. The number of aryl methyl sites for hydroxylation is 1. The van der Waals surface area contributed by atoms with Gasteiger partial charge in [0.05, 0.1) is 18.8 Å². The Bertz CT molecular complexity index is 667. The average molecular weight is 329 g/mol. The maximum Gasteiger partial charge on any atom is 0.124 e. The Morgan fingerprint density at radius 2 is 2.08 bits per heavy atom. The molecule has 3 rings (SSSR count). The van der Waals surface area contributed by atoms with Crippen LogP contribution in [-0.2, 0) is 0 Å². The van der Waals surface area contributed by atoms with Gasteiger partial charge in [-0.15, -0.1) is 0 Å². The van der Waals surface area contributed by atoms with Gasteiger partial charge in [0.1, 0.15) is 11.6 Å². The predicted octanol–water partition coefficient (Wildman–Crippen LogP) is 2.92. The SMILES string of the molecule is COc1ccc(F)cc1C(c1ccc(C)cn1)N1CCCNCC1. The molecule has 1 aromatic carbocycles. The second kappa shape index (κ2) is 7.73. The van der Waals surface area contributed by atoms with Crippen molar-refractivity contribution in [1.82, 2.24) is 15.2 Å². The molecule has 0 aliphatic carbocycles. The standard InChI is InChI=1S/C19H24FN3O/c1-14-4-6-17(22-13-14)19(23-10-3-8-21-9-11-23)16-12-15(20)5-7-18(16)24-2/h4-7,12-13,19,21H,3,8-11H2,1-2H3. The van der Waals surface area contributed by atoms with E-state index in [4.69, 9.17) is 4.74 Å². The molecule has 1 saturated heterocycles. The fraction of sp³-hybridized carbons (Fsp3) is 0.421. The van der Waals surface area contributed by atoms with Crippen LogP contribution >= 0.6 is 0 Å². The Labute approximate surface area is 142 Å². The van der Waals surface area contributed by atoms with Crippen molar-refractivity contribution in [2.24, 2.45) is 0 Å². The molecule has 0 saturated carbocycles. The number of hydrogen-bond acceptors (Lipinski definition) is 4. The molecule has 1 unspecified atom stereocenters. The second-order valence-corrected chi connectivity index (χ2v) is 6.19. The Morgan fingerprint density at radius 3 is 2.83 bits per heavy atom. The molecule has 5 heteroatoms. The van der Waals surface area contributed by atoms with Gasteiger partial charge in [-0.3, -0.25) is 9.88 Å². The number of benzene rings is 1. The topological polar surface area (TPSA) is 37.4 Å². The number of nitrogens with one attached hydrogen (secondary N) is 1. The van der Waals surface area contributed by atoms with E-state index in [9.17, 15) is 4.39 Å². The van der Waals surface area contributed by atoms with E-state index < -0.39 is 0 Å². The maximum atomic E-state index is 14.0. The van der Waals surface area contributed by atoms with Crippen LogP contribution < -0.4 is 10.1 Å². The van der Waals surface area contributed by atoms with Crippen LogP contribution in [0, 0.1) is 12.7 Å². The molecular formula is C19H24FN3O. The molecule has 0 spiro atoms. The number of nitrogens with zero attached hydrogens (tertiary/aromatic N) is 2. The van der Waals surface area contributed by atoms with Crippen molar-refractivity contribution in [2.45, 2.75) is 19.4 Å². The highest BCUT2D eigenvalue weighted by molar-refractivity contribution is 5.40. The summed E-state index contributed by atoms with van der Waals surface area (Å²) in [5.41, 5.74) is 2.86. The Morgan fingerprint density at radius 1 is 1.21 bits per heavy atom. The normalized spacial score (nSPS) is 17.3. The molecule has 1 aliphatic heterocycles. The van der Waals surface area contributed by atoms with E-state index in [1.54, 1.807) is 19.2 Å². The summed E-state index contributed by atoms with van der Waals surface area (Å²) < 4.78 is 19.5. The van der Waals surface area contributed by atoms with E-state index in [1.165, 1.54) is 6.07 Å². The number of hydrogen-bond donors (Lipinski definition) is 1. The molecule has 0 bridgehead atoms. The third-order valence-corrected chi connectivity index (χ3v) is 4.44. The zero-order chi connectivity index (χ0) is 16.9. The maximum absolute atomic E-state index is 14.0. The first-order chi connectivity index (χ1) is 11.7. The molecule has 4 nitrogen and oxygen atoms in total. The second-order valence-electron chi connectivity index (χ2n) is 6.19. The lowest BCUT2D eigenvalue weighted by Gasteiger charge is -2.31. The lowest BCUT2D eigenvalue weighted by atomic mass is 9.99. The van der Waals surface area contributed by atoms with E-state index in [-0.39, 0.29) is 11.9 Å².